The summed E-state index contributed by atoms with van der Waals surface area (Å²) in [7, 11) is -3.78. The summed E-state index contributed by atoms with van der Waals surface area (Å²) in [5.41, 5.74) is 1.46. The number of nitrogens with one attached hydrogen (secondary N) is 1. The number of carbonyl (C=O) groups excluding carboxylic acids is 1. The molecule has 8 heteroatoms. The van der Waals surface area contributed by atoms with Crippen LogP contribution in [0, 0.1) is 19.7 Å². The number of sulfonamides is 1. The van der Waals surface area contributed by atoms with Crippen LogP contribution in [0.4, 0.5) is 4.39 Å². The minimum absolute atomic E-state index is 0.0574. The second-order valence-corrected chi connectivity index (χ2v) is 7.07. The van der Waals surface area contributed by atoms with Gasteiger partial charge in [0.15, 0.2) is 0 Å². The number of aryl methyl sites for hydroxylation is 2. The molecule has 0 unspecified atom stereocenters. The van der Waals surface area contributed by atoms with Gasteiger partial charge in [-0.2, -0.15) is 0 Å². The van der Waals surface area contributed by atoms with E-state index in [-0.39, 0.29) is 24.0 Å². The summed E-state index contributed by atoms with van der Waals surface area (Å²) in [6, 6.07) is 8.26. The molecular weight excluding hydrogens is 347 g/mol. The van der Waals surface area contributed by atoms with E-state index in [9.17, 15) is 17.6 Å². The highest BCUT2D eigenvalue weighted by atomic mass is 32.2. The molecule has 2 aromatic carbocycles. The Balaban J connectivity index is 1.93. The number of halogens is 1. The largest absolute Gasteiger partial charge is 0.491 e. The number of ether oxygens (including phenoxy) is 1. The third-order valence-corrected chi connectivity index (χ3v) is 4.58. The summed E-state index contributed by atoms with van der Waals surface area (Å²) in [6.45, 7) is 3.77. The van der Waals surface area contributed by atoms with E-state index in [2.05, 4.69) is 5.32 Å². The highest BCUT2D eigenvalue weighted by molar-refractivity contribution is 7.89. The number of primary sulfonamides is 1. The summed E-state index contributed by atoms with van der Waals surface area (Å²) < 4.78 is 41.3. The monoisotopic (exact) mass is 366 g/mol. The molecule has 0 atom stereocenters. The molecule has 25 heavy (non-hydrogen) atoms. The standard InChI is InChI=1S/C17H19FN2O4S/c1-11-10-16(25(19,22)23)12(2)9-15(11)24-8-7-20-17(21)13-3-5-14(18)6-4-13/h3-6,9-10H,7-8H2,1-2H3,(H,20,21)(H2,19,22,23). The summed E-state index contributed by atoms with van der Waals surface area (Å²) in [5, 5.41) is 7.81. The van der Waals surface area contributed by atoms with Crippen molar-refractivity contribution in [3.05, 3.63) is 58.9 Å². The first-order valence-electron chi connectivity index (χ1n) is 7.49. The molecule has 0 aliphatic heterocycles. The third-order valence-electron chi connectivity index (χ3n) is 3.53. The average molecular weight is 366 g/mol. The smallest absolute Gasteiger partial charge is 0.251 e. The number of amides is 1. The van der Waals surface area contributed by atoms with Crippen molar-refractivity contribution in [2.75, 3.05) is 13.2 Å². The van der Waals surface area contributed by atoms with Crippen molar-refractivity contribution in [3.8, 4) is 5.75 Å². The van der Waals surface area contributed by atoms with Crippen LogP contribution >= 0.6 is 0 Å². The van der Waals surface area contributed by atoms with Gasteiger partial charge in [-0.15, -0.1) is 0 Å². The molecule has 0 saturated carbocycles. The van der Waals surface area contributed by atoms with Gasteiger partial charge in [0.2, 0.25) is 10.0 Å². The van der Waals surface area contributed by atoms with Gasteiger partial charge in [0.25, 0.3) is 5.91 Å². The Morgan fingerprint density at radius 2 is 1.80 bits per heavy atom. The molecule has 0 aliphatic rings. The zero-order valence-corrected chi connectivity index (χ0v) is 14.7. The lowest BCUT2D eigenvalue weighted by Gasteiger charge is -2.13. The molecule has 6 nitrogen and oxygen atoms in total. The average Bonchev–Trinajstić information content (AvgIpc) is 2.53. The number of carbonyl (C=O) groups is 1. The first kappa shape index (κ1) is 18.9. The van der Waals surface area contributed by atoms with E-state index in [1.807, 2.05) is 0 Å². The van der Waals surface area contributed by atoms with Gasteiger partial charge in [-0.05, 0) is 61.4 Å². The molecule has 1 amide bonds. The van der Waals surface area contributed by atoms with Crippen LogP contribution in [0.25, 0.3) is 0 Å². The van der Waals surface area contributed by atoms with Crippen LogP contribution in [0.15, 0.2) is 41.3 Å². The van der Waals surface area contributed by atoms with Crippen LogP contribution in [0.2, 0.25) is 0 Å². The topological polar surface area (TPSA) is 98.5 Å². The Kier molecular flexibility index (Phi) is 5.76. The van der Waals surface area contributed by atoms with Gasteiger partial charge >= 0.3 is 0 Å². The Morgan fingerprint density at radius 3 is 2.40 bits per heavy atom. The molecule has 0 aromatic heterocycles. The van der Waals surface area contributed by atoms with Crippen LogP contribution in [-0.4, -0.2) is 27.5 Å². The Labute approximate surface area is 145 Å². The van der Waals surface area contributed by atoms with Crippen molar-refractivity contribution in [1.29, 1.82) is 0 Å². The molecule has 0 saturated heterocycles. The highest BCUT2D eigenvalue weighted by Crippen LogP contribution is 2.25. The van der Waals surface area contributed by atoms with Crippen LogP contribution in [-0.2, 0) is 10.0 Å². The van der Waals surface area contributed by atoms with E-state index in [1.165, 1.54) is 30.3 Å². The fourth-order valence-electron chi connectivity index (χ4n) is 2.25. The molecule has 0 heterocycles. The van der Waals surface area contributed by atoms with Crippen LogP contribution < -0.4 is 15.2 Å². The highest BCUT2D eigenvalue weighted by Gasteiger charge is 2.14. The van der Waals surface area contributed by atoms with E-state index in [1.54, 1.807) is 19.9 Å². The normalized spacial score (nSPS) is 11.2. The molecule has 2 aromatic rings. The Morgan fingerprint density at radius 1 is 1.16 bits per heavy atom. The third kappa shape index (κ3) is 5.01. The van der Waals surface area contributed by atoms with E-state index in [0.29, 0.717) is 22.4 Å². The second kappa shape index (κ2) is 7.62. The molecule has 2 rings (SSSR count). The van der Waals surface area contributed by atoms with Crippen molar-refractivity contribution < 1.29 is 22.3 Å². The summed E-state index contributed by atoms with van der Waals surface area (Å²) in [6.07, 6.45) is 0. The Bertz CT molecular complexity index is 880. The number of rotatable bonds is 6. The minimum atomic E-state index is -3.78. The summed E-state index contributed by atoms with van der Waals surface area (Å²) in [4.78, 5) is 11.9. The first-order valence-corrected chi connectivity index (χ1v) is 9.04. The first-order chi connectivity index (χ1) is 11.7. The van der Waals surface area contributed by atoms with Crippen LogP contribution in [0.3, 0.4) is 0 Å². The summed E-state index contributed by atoms with van der Waals surface area (Å²) in [5.74, 6) is -0.226. The van der Waals surface area contributed by atoms with Gasteiger partial charge in [0.1, 0.15) is 18.2 Å². The van der Waals surface area contributed by atoms with Crippen LogP contribution in [0.1, 0.15) is 21.5 Å². The molecule has 0 spiro atoms. The van der Waals surface area contributed by atoms with E-state index < -0.39 is 15.8 Å². The van der Waals surface area contributed by atoms with Gasteiger partial charge in [-0.1, -0.05) is 0 Å². The van der Waals surface area contributed by atoms with Crippen molar-refractivity contribution >= 4 is 15.9 Å². The molecule has 0 bridgehead atoms. The minimum Gasteiger partial charge on any atom is -0.491 e. The predicted molar refractivity (Wildman–Crippen MR) is 91.5 cm³/mol. The van der Waals surface area contributed by atoms with Crippen LogP contribution in [0.5, 0.6) is 5.75 Å². The maximum Gasteiger partial charge on any atom is 0.251 e. The maximum atomic E-state index is 12.8. The SMILES string of the molecule is Cc1cc(S(N)(=O)=O)c(C)cc1OCCNC(=O)c1ccc(F)cc1. The zero-order chi connectivity index (χ0) is 18.6. The van der Waals surface area contributed by atoms with Crippen molar-refractivity contribution in [1.82, 2.24) is 5.32 Å². The van der Waals surface area contributed by atoms with E-state index in [4.69, 9.17) is 9.88 Å². The molecule has 0 radical (unpaired) electrons. The van der Waals surface area contributed by atoms with Gasteiger partial charge in [-0.3, -0.25) is 4.79 Å². The van der Waals surface area contributed by atoms with Crippen molar-refractivity contribution in [2.24, 2.45) is 5.14 Å². The lowest BCUT2D eigenvalue weighted by Crippen LogP contribution is -2.28. The quantitative estimate of drug-likeness (QED) is 0.763. The van der Waals surface area contributed by atoms with E-state index >= 15 is 0 Å². The van der Waals surface area contributed by atoms with Crippen molar-refractivity contribution in [2.45, 2.75) is 18.7 Å². The zero-order valence-electron chi connectivity index (χ0n) is 13.9. The fraction of sp³-hybridized carbons (Fsp3) is 0.235. The second-order valence-electron chi connectivity index (χ2n) is 5.54. The summed E-state index contributed by atoms with van der Waals surface area (Å²) >= 11 is 0. The maximum absolute atomic E-state index is 12.8. The number of hydrogen-bond donors (Lipinski definition) is 2. The number of nitrogens with two attached hydrogens (primary N) is 1. The van der Waals surface area contributed by atoms with Crippen molar-refractivity contribution in [3.63, 3.8) is 0 Å². The Hall–Kier alpha value is -2.45. The lowest BCUT2D eigenvalue weighted by atomic mass is 10.1. The molecule has 0 aliphatic carbocycles. The molecular formula is C17H19FN2O4S. The molecule has 134 valence electrons. The lowest BCUT2D eigenvalue weighted by molar-refractivity contribution is 0.0947. The van der Waals surface area contributed by atoms with E-state index in [0.717, 1.165) is 0 Å². The van der Waals surface area contributed by atoms with Gasteiger partial charge in [0.05, 0.1) is 11.4 Å². The van der Waals surface area contributed by atoms with Gasteiger partial charge < -0.3 is 10.1 Å². The number of hydrogen-bond acceptors (Lipinski definition) is 4. The van der Waals surface area contributed by atoms with Gasteiger partial charge in [0, 0.05) is 5.56 Å². The molecule has 0 fully saturated rings. The predicted octanol–water partition coefficient (Wildman–Crippen LogP) is 1.90. The molecule has 3 N–H and O–H groups in total. The van der Waals surface area contributed by atoms with Gasteiger partial charge in [-0.25, -0.2) is 17.9 Å². The fourth-order valence-corrected chi connectivity index (χ4v) is 3.10. The number of benzene rings is 2.